The molecule has 27 heavy (non-hydrogen) atoms. The zero-order valence-corrected chi connectivity index (χ0v) is 18.9. The monoisotopic (exact) mass is 447 g/mol. The highest BCUT2D eigenvalue weighted by atomic mass is 32.2. The second kappa shape index (κ2) is 9.51. The molecule has 2 aliphatic rings. The van der Waals surface area contributed by atoms with Crippen molar-refractivity contribution in [3.8, 4) is 0 Å². The zero-order chi connectivity index (χ0) is 20.2. The van der Waals surface area contributed by atoms with E-state index >= 15 is 0 Å². The summed E-state index contributed by atoms with van der Waals surface area (Å²) in [5, 5.41) is 1.15. The van der Waals surface area contributed by atoms with Crippen LogP contribution in [0.5, 0.6) is 0 Å². The molecule has 10 heteroatoms. The van der Waals surface area contributed by atoms with Gasteiger partial charge in [-0.05, 0) is 32.2 Å². The Bertz CT molecular complexity index is 877. The number of aryl methyl sites for hydroxylation is 1. The van der Waals surface area contributed by atoms with E-state index in [2.05, 4.69) is 11.9 Å². The summed E-state index contributed by atoms with van der Waals surface area (Å²) in [6.45, 7) is 5.66. The Labute approximate surface area is 173 Å². The first-order chi connectivity index (χ1) is 12.7. The summed E-state index contributed by atoms with van der Waals surface area (Å²) in [7, 11) is -1.96. The fourth-order valence-electron chi connectivity index (χ4n) is 2.39. The lowest BCUT2D eigenvalue weighted by Gasteiger charge is -2.11. The van der Waals surface area contributed by atoms with E-state index in [-0.39, 0.29) is 10.8 Å². The predicted molar refractivity (Wildman–Crippen MR) is 115 cm³/mol. The minimum absolute atomic E-state index is 0.0666. The van der Waals surface area contributed by atoms with Crippen molar-refractivity contribution in [2.45, 2.75) is 18.7 Å². The first-order valence-electron chi connectivity index (χ1n) is 8.22. The zero-order valence-electron chi connectivity index (χ0n) is 15.6. The van der Waals surface area contributed by atoms with E-state index in [4.69, 9.17) is 4.55 Å². The molecular weight excluding hydrogens is 424 g/mol. The number of carbonyl (C=O) groups is 1. The number of hydrogen-bond donors (Lipinski definition) is 1. The lowest BCUT2D eigenvalue weighted by molar-refractivity contribution is -0.433. The lowest BCUT2D eigenvalue weighted by atomic mass is 10.2. The van der Waals surface area contributed by atoms with Gasteiger partial charge in [-0.2, -0.15) is 8.42 Å². The van der Waals surface area contributed by atoms with Crippen molar-refractivity contribution in [1.29, 1.82) is 0 Å². The van der Waals surface area contributed by atoms with Crippen molar-refractivity contribution in [1.82, 2.24) is 4.90 Å². The fraction of sp³-hybridized carbons (Fsp3) is 0.412. The smallest absolute Gasteiger partial charge is 0.367 e. The molecule has 1 aromatic carbocycles. The molecule has 0 aromatic heterocycles. The molecule has 0 unspecified atom stereocenters. The number of rotatable bonds is 2. The van der Waals surface area contributed by atoms with Crippen molar-refractivity contribution < 1.29 is 22.3 Å². The second-order valence-corrected chi connectivity index (χ2v) is 10.4. The molecule has 148 valence electrons. The number of carbonyl (C=O) groups excluding carboxylic acids is 1. The van der Waals surface area contributed by atoms with Gasteiger partial charge < -0.3 is 4.90 Å². The van der Waals surface area contributed by atoms with Gasteiger partial charge in [0.15, 0.2) is 11.4 Å². The maximum Gasteiger partial charge on any atom is 0.430 e. The minimum atomic E-state index is -4.02. The number of amides is 1. The molecule has 2 heterocycles. The quantitative estimate of drug-likeness (QED) is 0.421. The van der Waals surface area contributed by atoms with Gasteiger partial charge in [0.25, 0.3) is 14.5 Å². The van der Waals surface area contributed by atoms with Gasteiger partial charge in [0.2, 0.25) is 0 Å². The molecule has 0 spiro atoms. The van der Waals surface area contributed by atoms with Crippen molar-refractivity contribution in [3.63, 3.8) is 0 Å². The lowest BCUT2D eigenvalue weighted by Crippen LogP contribution is -2.20. The Kier molecular flexibility index (Phi) is 7.87. The number of thioether (sulfide) groups is 3. The minimum Gasteiger partial charge on any atom is -0.367 e. The van der Waals surface area contributed by atoms with Gasteiger partial charge in [-0.1, -0.05) is 29.5 Å². The van der Waals surface area contributed by atoms with Crippen LogP contribution in [0.3, 0.4) is 0 Å². The number of nitrogens with zero attached hydrogens (tertiary/aromatic N) is 2. The van der Waals surface area contributed by atoms with E-state index < -0.39 is 10.1 Å². The Morgan fingerprint density at radius 3 is 2.33 bits per heavy atom. The summed E-state index contributed by atoms with van der Waals surface area (Å²) in [5.74, 6) is 1.26. The third-order valence-electron chi connectivity index (χ3n) is 3.87. The van der Waals surface area contributed by atoms with Crippen LogP contribution in [-0.4, -0.2) is 64.9 Å². The number of hydrogen-bond acceptors (Lipinski definition) is 7. The third kappa shape index (κ3) is 5.54. The van der Waals surface area contributed by atoms with Crippen molar-refractivity contribution in [3.05, 3.63) is 39.8 Å². The molecule has 0 aliphatic carbocycles. The van der Waals surface area contributed by atoms with E-state index in [9.17, 15) is 13.2 Å². The average molecular weight is 448 g/mol. The summed E-state index contributed by atoms with van der Waals surface area (Å²) >= 11 is 5.07. The van der Waals surface area contributed by atoms with Crippen molar-refractivity contribution in [2.75, 3.05) is 32.1 Å². The second-order valence-electron chi connectivity index (χ2n) is 5.81. The van der Waals surface area contributed by atoms with Crippen LogP contribution in [0.2, 0.25) is 0 Å². The highest BCUT2D eigenvalue weighted by Crippen LogP contribution is 2.40. The molecule has 6 nitrogen and oxygen atoms in total. The van der Waals surface area contributed by atoms with E-state index in [1.54, 1.807) is 47.4 Å². The first kappa shape index (κ1) is 22.4. The molecule has 0 atom stereocenters. The van der Waals surface area contributed by atoms with Crippen molar-refractivity contribution in [2.24, 2.45) is 0 Å². The molecule has 1 amide bonds. The molecule has 0 bridgehead atoms. The summed E-state index contributed by atoms with van der Waals surface area (Å²) in [4.78, 5) is 15.2. The topological polar surface area (TPSA) is 77.7 Å². The van der Waals surface area contributed by atoms with E-state index in [0.29, 0.717) is 0 Å². The highest BCUT2D eigenvalue weighted by Gasteiger charge is 2.40. The Morgan fingerprint density at radius 2 is 1.93 bits per heavy atom. The summed E-state index contributed by atoms with van der Waals surface area (Å²) < 4.78 is 32.5. The van der Waals surface area contributed by atoms with E-state index in [1.807, 2.05) is 24.7 Å². The van der Waals surface area contributed by atoms with Crippen LogP contribution in [-0.2, 0) is 14.9 Å². The van der Waals surface area contributed by atoms with Crippen molar-refractivity contribution >= 4 is 55.7 Å². The standard InChI is InChI=1S/C10H15N2OS3.C7H8O3S/c1-4-12-8(13)7(16-10(12)14-3)9-11(2)5-6-15-9;1-6-2-4-7(5-3-6)11(8,9)10/h4-6H2,1-3H3;2-5H,1H3,(H,8,9,10)/q+1;/b9-7-;. The molecule has 0 saturated carbocycles. The van der Waals surface area contributed by atoms with Gasteiger partial charge in [-0.15, -0.1) is 16.3 Å². The van der Waals surface area contributed by atoms with Crippen LogP contribution in [0, 0.1) is 6.92 Å². The molecule has 2 aliphatic heterocycles. The molecule has 1 saturated heterocycles. The SMILES string of the molecule is CC[N+]1=C(SC)S/C(=C2\SCCN2C)C1=O.Cc1ccc(S(=O)(=O)O)cc1. The van der Waals surface area contributed by atoms with Gasteiger partial charge in [-0.25, -0.2) is 4.79 Å². The van der Waals surface area contributed by atoms with Crippen LogP contribution in [0.1, 0.15) is 12.5 Å². The van der Waals surface area contributed by atoms with Gasteiger partial charge in [-0.3, -0.25) is 4.55 Å². The van der Waals surface area contributed by atoms with E-state index in [1.165, 1.54) is 12.1 Å². The predicted octanol–water partition coefficient (Wildman–Crippen LogP) is 3.10. The maximum absolute atomic E-state index is 12.2. The van der Waals surface area contributed by atoms with Crippen LogP contribution in [0.4, 0.5) is 0 Å². The van der Waals surface area contributed by atoms with Gasteiger partial charge in [0.1, 0.15) is 0 Å². The molecular formula is C17H23N2O4S4+. The fourth-order valence-corrected chi connectivity index (χ4v) is 6.21. The maximum atomic E-state index is 12.2. The average Bonchev–Trinajstić information content (AvgIpc) is 3.17. The van der Waals surface area contributed by atoms with Crippen LogP contribution in [0.15, 0.2) is 39.1 Å². The molecule has 3 rings (SSSR count). The highest BCUT2D eigenvalue weighted by molar-refractivity contribution is 8.40. The van der Waals surface area contributed by atoms with Crippen LogP contribution < -0.4 is 0 Å². The Hall–Kier alpha value is -0.940. The third-order valence-corrected chi connectivity index (χ3v) is 8.33. The molecule has 1 fully saturated rings. The molecule has 0 radical (unpaired) electrons. The summed E-state index contributed by atoms with van der Waals surface area (Å²) in [5.41, 5.74) is 0.956. The van der Waals surface area contributed by atoms with Gasteiger partial charge in [0.05, 0.1) is 9.92 Å². The van der Waals surface area contributed by atoms with Crippen LogP contribution >= 0.6 is 35.3 Å². The number of likely N-dealkylation sites (N-methyl/N-ethyl adjacent to an activating group) is 1. The Morgan fingerprint density at radius 1 is 1.30 bits per heavy atom. The van der Waals surface area contributed by atoms with Crippen LogP contribution in [0.25, 0.3) is 0 Å². The summed E-state index contributed by atoms with van der Waals surface area (Å²) in [6.07, 6.45) is 2.03. The normalized spacial score (nSPS) is 20.2. The molecule has 1 N–H and O–H groups in total. The van der Waals surface area contributed by atoms with Gasteiger partial charge >= 0.3 is 5.91 Å². The Balaban J connectivity index is 0.000000208. The summed E-state index contributed by atoms with van der Waals surface area (Å²) in [6, 6.07) is 5.99. The largest absolute Gasteiger partial charge is 0.430 e. The molecule has 1 aromatic rings. The van der Waals surface area contributed by atoms with Gasteiger partial charge in [0, 0.05) is 31.1 Å². The number of benzene rings is 1. The first-order valence-corrected chi connectivity index (χ1v) is 12.7. The van der Waals surface area contributed by atoms with E-state index in [0.717, 1.165) is 38.7 Å².